The van der Waals surface area contributed by atoms with Gasteiger partial charge < -0.3 is 30.3 Å². The van der Waals surface area contributed by atoms with E-state index in [2.05, 4.69) is 6.92 Å². The number of hydrogen-bond donors (Lipinski definition) is 5. The summed E-state index contributed by atoms with van der Waals surface area (Å²) in [6.07, 6.45) is -1.33. The summed E-state index contributed by atoms with van der Waals surface area (Å²) in [6, 6.07) is 0. The first kappa shape index (κ1) is 20.3. The van der Waals surface area contributed by atoms with Crippen molar-refractivity contribution in [1.29, 1.82) is 0 Å². The van der Waals surface area contributed by atoms with Gasteiger partial charge in [0.1, 0.15) is 18.3 Å². The van der Waals surface area contributed by atoms with E-state index < -0.39 is 43.6 Å². The maximum Gasteiger partial charge on any atom is 0.306 e. The largest absolute Gasteiger partial charge is 0.457 e. The molecule has 126 valence electrons. The van der Waals surface area contributed by atoms with Crippen LogP contribution in [0.25, 0.3) is 0 Å². The predicted octanol–water partition coefficient (Wildman–Crippen LogP) is -0.674. The Morgan fingerprint density at radius 3 is 2.05 bits per heavy atom. The number of hydrogen-bond acceptors (Lipinski definition) is 7. The quantitative estimate of drug-likeness (QED) is 0.239. The maximum absolute atomic E-state index is 11.7. The Morgan fingerprint density at radius 1 is 0.952 bits per heavy atom. The second kappa shape index (κ2) is 11.9. The molecule has 21 heavy (non-hydrogen) atoms. The number of unbranched alkanes of at least 4 members (excludes halogenated alkanes) is 4. The number of aliphatic hydroxyl groups is 5. The monoisotopic (exact) mass is 308 g/mol. The highest BCUT2D eigenvalue weighted by atomic mass is 16.6. The van der Waals surface area contributed by atoms with E-state index in [4.69, 9.17) is 14.9 Å². The molecule has 0 saturated heterocycles. The molecule has 0 rings (SSSR count). The normalized spacial score (nSPS) is 17.0. The van der Waals surface area contributed by atoms with Gasteiger partial charge in [0.2, 0.25) is 0 Å². The standard InChI is InChI=1S/C14H28O7/c1-2-3-4-5-6-7-12(19)21-14(11(18)9-16)13(20)10(17)8-15/h10-11,13-18,20H,2-9H2,1H3/t10-,11-,13-,14-/m1/s1. The minimum absolute atomic E-state index is 0.139. The first-order chi connectivity index (χ1) is 9.97. The van der Waals surface area contributed by atoms with Crippen molar-refractivity contribution in [3.8, 4) is 0 Å². The van der Waals surface area contributed by atoms with Crippen LogP contribution in [0.15, 0.2) is 0 Å². The summed E-state index contributed by atoms with van der Waals surface area (Å²) in [6.45, 7) is 0.608. The van der Waals surface area contributed by atoms with Crippen LogP contribution in [0.5, 0.6) is 0 Å². The van der Waals surface area contributed by atoms with Gasteiger partial charge in [0.05, 0.1) is 13.2 Å². The van der Waals surface area contributed by atoms with Gasteiger partial charge in [-0.1, -0.05) is 32.6 Å². The smallest absolute Gasteiger partial charge is 0.306 e. The highest BCUT2D eigenvalue weighted by molar-refractivity contribution is 5.69. The van der Waals surface area contributed by atoms with E-state index in [0.717, 1.165) is 25.7 Å². The van der Waals surface area contributed by atoms with Crippen LogP contribution < -0.4 is 0 Å². The molecule has 0 aliphatic heterocycles. The minimum atomic E-state index is -1.67. The number of carbonyl (C=O) groups is 1. The molecule has 0 heterocycles. The van der Waals surface area contributed by atoms with Gasteiger partial charge >= 0.3 is 5.97 Å². The summed E-state index contributed by atoms with van der Waals surface area (Å²) in [5.74, 6) is -0.617. The van der Waals surface area contributed by atoms with E-state index in [9.17, 15) is 20.1 Å². The molecule has 0 aliphatic rings. The summed E-state index contributed by atoms with van der Waals surface area (Å²) in [5.41, 5.74) is 0. The van der Waals surface area contributed by atoms with Gasteiger partial charge in [-0.15, -0.1) is 0 Å². The van der Waals surface area contributed by atoms with Gasteiger partial charge in [-0.25, -0.2) is 0 Å². The van der Waals surface area contributed by atoms with Crippen molar-refractivity contribution in [2.45, 2.75) is 69.9 Å². The number of esters is 1. The highest BCUT2D eigenvalue weighted by Crippen LogP contribution is 2.13. The molecule has 0 saturated carbocycles. The summed E-state index contributed by atoms with van der Waals surface area (Å²) in [7, 11) is 0. The van der Waals surface area contributed by atoms with E-state index in [1.54, 1.807) is 0 Å². The van der Waals surface area contributed by atoms with Crippen LogP contribution in [0.4, 0.5) is 0 Å². The molecule has 0 spiro atoms. The van der Waals surface area contributed by atoms with Gasteiger partial charge in [0, 0.05) is 6.42 Å². The van der Waals surface area contributed by atoms with Crippen LogP contribution in [0.1, 0.15) is 45.4 Å². The molecular weight excluding hydrogens is 280 g/mol. The van der Waals surface area contributed by atoms with E-state index in [0.29, 0.717) is 6.42 Å². The first-order valence-electron chi connectivity index (χ1n) is 7.43. The lowest BCUT2D eigenvalue weighted by atomic mass is 10.0. The molecule has 5 N–H and O–H groups in total. The van der Waals surface area contributed by atoms with Gasteiger partial charge in [-0.05, 0) is 6.42 Å². The first-order valence-corrected chi connectivity index (χ1v) is 7.43. The van der Waals surface area contributed by atoms with Crippen LogP contribution in [0.2, 0.25) is 0 Å². The SMILES string of the molecule is CCCCCCCC(=O)O[C@@H]([C@H](O)[C@H](O)CO)[C@H](O)CO. The molecule has 0 aromatic heterocycles. The Labute approximate surface area is 125 Å². The molecule has 0 amide bonds. The van der Waals surface area contributed by atoms with Crippen LogP contribution in [-0.2, 0) is 9.53 Å². The molecule has 0 aromatic rings. The average molecular weight is 308 g/mol. The molecule has 0 bridgehead atoms. The van der Waals surface area contributed by atoms with Crippen molar-refractivity contribution in [1.82, 2.24) is 0 Å². The third-order valence-corrected chi connectivity index (χ3v) is 3.24. The van der Waals surface area contributed by atoms with E-state index >= 15 is 0 Å². The topological polar surface area (TPSA) is 127 Å². The minimum Gasteiger partial charge on any atom is -0.457 e. The lowest BCUT2D eigenvalue weighted by Crippen LogP contribution is -2.49. The van der Waals surface area contributed by atoms with Gasteiger partial charge in [-0.3, -0.25) is 4.79 Å². The molecule has 0 aromatic carbocycles. The van der Waals surface area contributed by atoms with Crippen molar-refractivity contribution in [2.24, 2.45) is 0 Å². The number of carbonyl (C=O) groups excluding carboxylic acids is 1. The van der Waals surface area contributed by atoms with Gasteiger partial charge in [-0.2, -0.15) is 0 Å². The molecule has 7 nitrogen and oxygen atoms in total. The molecule has 7 heteroatoms. The Kier molecular flexibility index (Phi) is 11.5. The van der Waals surface area contributed by atoms with Crippen LogP contribution in [0, 0.1) is 0 Å². The number of rotatable bonds is 12. The van der Waals surface area contributed by atoms with Crippen molar-refractivity contribution in [3.63, 3.8) is 0 Å². The van der Waals surface area contributed by atoms with Gasteiger partial charge in [0.25, 0.3) is 0 Å². The molecule has 4 atom stereocenters. The Balaban J connectivity index is 4.30. The molecule has 0 radical (unpaired) electrons. The summed E-state index contributed by atoms with van der Waals surface area (Å²) in [4.78, 5) is 11.7. The van der Waals surface area contributed by atoms with Crippen molar-refractivity contribution >= 4 is 5.97 Å². The lowest BCUT2D eigenvalue weighted by molar-refractivity contribution is -0.177. The fourth-order valence-corrected chi connectivity index (χ4v) is 1.89. The fourth-order valence-electron chi connectivity index (χ4n) is 1.89. The molecule has 0 aliphatic carbocycles. The Morgan fingerprint density at radius 2 is 1.52 bits per heavy atom. The Hall–Kier alpha value is -0.730. The van der Waals surface area contributed by atoms with Crippen LogP contribution in [0.3, 0.4) is 0 Å². The van der Waals surface area contributed by atoms with E-state index in [1.807, 2.05) is 0 Å². The van der Waals surface area contributed by atoms with Crippen molar-refractivity contribution in [2.75, 3.05) is 13.2 Å². The van der Waals surface area contributed by atoms with Gasteiger partial charge in [0.15, 0.2) is 6.10 Å². The van der Waals surface area contributed by atoms with Crippen molar-refractivity contribution in [3.05, 3.63) is 0 Å². The second-order valence-corrected chi connectivity index (χ2v) is 5.11. The summed E-state index contributed by atoms with van der Waals surface area (Å²) >= 11 is 0. The zero-order chi connectivity index (χ0) is 16.3. The summed E-state index contributed by atoms with van der Waals surface area (Å²) in [5, 5.41) is 46.3. The zero-order valence-corrected chi connectivity index (χ0v) is 12.5. The molecule has 0 fully saturated rings. The third kappa shape index (κ3) is 8.33. The van der Waals surface area contributed by atoms with E-state index in [1.165, 1.54) is 0 Å². The fraction of sp³-hybridized carbons (Fsp3) is 0.929. The predicted molar refractivity (Wildman–Crippen MR) is 75.4 cm³/mol. The highest BCUT2D eigenvalue weighted by Gasteiger charge is 2.34. The second-order valence-electron chi connectivity index (χ2n) is 5.11. The number of ether oxygens (including phenoxy) is 1. The molecular formula is C14H28O7. The third-order valence-electron chi connectivity index (χ3n) is 3.24. The Bertz CT molecular complexity index is 272. The van der Waals surface area contributed by atoms with Crippen LogP contribution in [-0.4, -0.2) is 69.1 Å². The molecule has 0 unspecified atom stereocenters. The lowest BCUT2D eigenvalue weighted by Gasteiger charge is -2.28. The van der Waals surface area contributed by atoms with E-state index in [-0.39, 0.29) is 6.42 Å². The van der Waals surface area contributed by atoms with Crippen LogP contribution >= 0.6 is 0 Å². The average Bonchev–Trinajstić information content (AvgIpc) is 2.50. The maximum atomic E-state index is 11.7. The number of aliphatic hydroxyl groups excluding tert-OH is 5. The summed E-state index contributed by atoms with van der Waals surface area (Å²) < 4.78 is 4.92. The van der Waals surface area contributed by atoms with Crippen molar-refractivity contribution < 1.29 is 35.1 Å². The zero-order valence-electron chi connectivity index (χ0n) is 12.5.